The quantitative estimate of drug-likeness (QED) is 0.666. The molecule has 0 radical (unpaired) electrons. The number of rotatable bonds is 4. The number of hydrogen-bond acceptors (Lipinski definition) is 5. The fourth-order valence-corrected chi connectivity index (χ4v) is 4.39. The van der Waals surface area contributed by atoms with E-state index in [1.54, 1.807) is 11.6 Å². The molecule has 7 nitrogen and oxygen atoms in total. The van der Waals surface area contributed by atoms with Crippen LogP contribution in [0.4, 0.5) is 5.69 Å². The van der Waals surface area contributed by atoms with Crippen LogP contribution in [0.2, 0.25) is 0 Å². The largest absolute Gasteiger partial charge is 0.495 e. The lowest BCUT2D eigenvalue weighted by molar-refractivity contribution is -0.118. The molecule has 1 amide bonds. The number of fused-ring (bicyclic) bond motifs is 2. The molecule has 0 fully saturated rings. The smallest absolute Gasteiger partial charge is 0.227 e. The summed E-state index contributed by atoms with van der Waals surface area (Å²) in [6.45, 7) is 6.66. The molecule has 4 rings (SSSR count). The maximum Gasteiger partial charge on any atom is 0.227 e. The highest BCUT2D eigenvalue weighted by molar-refractivity contribution is 5.96. The number of aryl methyl sites for hydroxylation is 3. The van der Waals surface area contributed by atoms with Crippen molar-refractivity contribution >= 4 is 17.2 Å². The fourth-order valence-electron chi connectivity index (χ4n) is 4.39. The second-order valence-corrected chi connectivity index (χ2v) is 7.73. The Labute approximate surface area is 175 Å². The predicted molar refractivity (Wildman–Crippen MR) is 114 cm³/mol. The van der Waals surface area contributed by atoms with Crippen LogP contribution in [0.5, 0.6) is 5.75 Å². The van der Waals surface area contributed by atoms with Crippen LogP contribution in [-0.4, -0.2) is 34.2 Å². The zero-order valence-electron chi connectivity index (χ0n) is 17.8. The van der Waals surface area contributed by atoms with E-state index in [2.05, 4.69) is 29.1 Å². The number of hydrogen-bond donors (Lipinski definition) is 0. The monoisotopic (exact) mass is 403 g/mol. The Morgan fingerprint density at radius 3 is 2.83 bits per heavy atom. The van der Waals surface area contributed by atoms with Gasteiger partial charge in [-0.05, 0) is 62.8 Å². The van der Waals surface area contributed by atoms with Gasteiger partial charge in [-0.25, -0.2) is 9.50 Å². The highest BCUT2D eigenvalue weighted by atomic mass is 16.5. The SMILES string of the molecule is COc1ccc(C)c2c1N(C(=O)CCc1c(C)nc3c(C#N)cnn3c1C)CCC2. The molecule has 0 N–H and O–H groups in total. The normalized spacial score (nSPS) is 13.2. The van der Waals surface area contributed by atoms with Crippen LogP contribution >= 0.6 is 0 Å². The van der Waals surface area contributed by atoms with Crippen LogP contribution in [0.1, 0.15) is 46.5 Å². The van der Waals surface area contributed by atoms with Crippen molar-refractivity contribution in [1.82, 2.24) is 14.6 Å². The predicted octanol–water partition coefficient (Wildman–Crippen LogP) is 3.45. The van der Waals surface area contributed by atoms with Crippen molar-refractivity contribution < 1.29 is 9.53 Å². The average Bonchev–Trinajstić information content (AvgIpc) is 3.16. The number of benzene rings is 1. The molecule has 0 atom stereocenters. The van der Waals surface area contributed by atoms with Crippen LogP contribution < -0.4 is 9.64 Å². The van der Waals surface area contributed by atoms with Gasteiger partial charge in [-0.2, -0.15) is 10.4 Å². The lowest BCUT2D eigenvalue weighted by Crippen LogP contribution is -2.36. The first-order chi connectivity index (χ1) is 14.5. The Bertz CT molecular complexity index is 1190. The van der Waals surface area contributed by atoms with Gasteiger partial charge >= 0.3 is 0 Å². The Morgan fingerprint density at radius 1 is 1.30 bits per heavy atom. The van der Waals surface area contributed by atoms with Crippen LogP contribution in [0.3, 0.4) is 0 Å². The summed E-state index contributed by atoms with van der Waals surface area (Å²) < 4.78 is 7.26. The van der Waals surface area contributed by atoms with Crippen LogP contribution in [-0.2, 0) is 17.6 Å². The number of nitrogens with zero attached hydrogens (tertiary/aromatic N) is 5. The number of nitriles is 1. The lowest BCUT2D eigenvalue weighted by Gasteiger charge is -2.32. The molecule has 1 aliphatic rings. The van der Waals surface area contributed by atoms with Gasteiger partial charge in [0.25, 0.3) is 0 Å². The molecule has 7 heteroatoms. The first kappa shape index (κ1) is 19.9. The molecular weight excluding hydrogens is 378 g/mol. The number of anilines is 1. The molecule has 3 aromatic rings. The van der Waals surface area contributed by atoms with Gasteiger partial charge in [0.05, 0.1) is 19.0 Å². The summed E-state index contributed by atoms with van der Waals surface area (Å²) >= 11 is 0. The number of methoxy groups -OCH3 is 1. The van der Waals surface area contributed by atoms with Crippen LogP contribution in [0, 0.1) is 32.1 Å². The Morgan fingerprint density at radius 2 is 2.10 bits per heavy atom. The van der Waals surface area contributed by atoms with Gasteiger partial charge in [0.2, 0.25) is 5.91 Å². The summed E-state index contributed by atoms with van der Waals surface area (Å²) in [7, 11) is 1.65. The minimum Gasteiger partial charge on any atom is -0.495 e. The van der Waals surface area contributed by atoms with Gasteiger partial charge in [0.1, 0.15) is 17.4 Å². The average molecular weight is 403 g/mol. The first-order valence-electron chi connectivity index (χ1n) is 10.2. The van der Waals surface area contributed by atoms with E-state index >= 15 is 0 Å². The van der Waals surface area contributed by atoms with Gasteiger partial charge < -0.3 is 9.64 Å². The number of carbonyl (C=O) groups is 1. The molecule has 0 aliphatic carbocycles. The second kappa shape index (κ2) is 7.79. The Kier molecular flexibility index (Phi) is 5.17. The molecule has 0 bridgehead atoms. The molecule has 0 saturated carbocycles. The summed E-state index contributed by atoms with van der Waals surface area (Å²) in [5, 5.41) is 13.5. The van der Waals surface area contributed by atoms with E-state index in [9.17, 15) is 10.1 Å². The molecule has 1 aromatic carbocycles. The van der Waals surface area contributed by atoms with E-state index in [1.165, 1.54) is 17.3 Å². The summed E-state index contributed by atoms with van der Waals surface area (Å²) in [6, 6.07) is 6.12. The van der Waals surface area contributed by atoms with Crippen molar-refractivity contribution in [2.24, 2.45) is 0 Å². The third-order valence-electron chi connectivity index (χ3n) is 6.00. The lowest BCUT2D eigenvalue weighted by atomic mass is 9.95. The first-order valence-corrected chi connectivity index (χ1v) is 10.2. The van der Waals surface area contributed by atoms with Crippen molar-refractivity contribution in [2.45, 2.75) is 46.5 Å². The fraction of sp³-hybridized carbons (Fsp3) is 0.391. The maximum atomic E-state index is 13.2. The van der Waals surface area contributed by atoms with Gasteiger partial charge in [0, 0.05) is 24.4 Å². The van der Waals surface area contributed by atoms with Crippen molar-refractivity contribution in [3.05, 3.63) is 52.0 Å². The van der Waals surface area contributed by atoms with E-state index in [4.69, 9.17) is 4.74 Å². The minimum atomic E-state index is 0.0805. The molecular formula is C23H25N5O2. The van der Waals surface area contributed by atoms with Crippen molar-refractivity contribution in [3.63, 3.8) is 0 Å². The van der Waals surface area contributed by atoms with Gasteiger partial charge in [0.15, 0.2) is 5.65 Å². The number of aromatic nitrogens is 3. The molecule has 1 aliphatic heterocycles. The van der Waals surface area contributed by atoms with E-state index in [0.717, 1.165) is 41.2 Å². The molecule has 0 saturated heterocycles. The maximum absolute atomic E-state index is 13.2. The molecule has 3 heterocycles. The Hall–Kier alpha value is -3.40. The van der Waals surface area contributed by atoms with Gasteiger partial charge in [-0.1, -0.05) is 6.07 Å². The molecule has 154 valence electrons. The van der Waals surface area contributed by atoms with Gasteiger partial charge in [-0.3, -0.25) is 4.79 Å². The van der Waals surface area contributed by atoms with Crippen molar-refractivity contribution in [2.75, 3.05) is 18.6 Å². The highest BCUT2D eigenvalue weighted by Crippen LogP contribution is 2.38. The minimum absolute atomic E-state index is 0.0805. The topological polar surface area (TPSA) is 83.5 Å². The molecule has 2 aromatic heterocycles. The van der Waals surface area contributed by atoms with Crippen molar-refractivity contribution in [1.29, 1.82) is 5.26 Å². The summed E-state index contributed by atoms with van der Waals surface area (Å²) in [6.07, 6.45) is 4.38. The zero-order chi connectivity index (χ0) is 21.4. The summed E-state index contributed by atoms with van der Waals surface area (Å²) in [5.41, 5.74) is 7.07. The van der Waals surface area contributed by atoms with E-state index in [1.807, 2.05) is 24.8 Å². The molecule has 30 heavy (non-hydrogen) atoms. The number of ether oxygens (including phenoxy) is 1. The van der Waals surface area contributed by atoms with Crippen LogP contribution in [0.25, 0.3) is 5.65 Å². The molecule has 0 unspecified atom stereocenters. The highest BCUT2D eigenvalue weighted by Gasteiger charge is 2.27. The van der Waals surface area contributed by atoms with Gasteiger partial charge in [-0.15, -0.1) is 0 Å². The third kappa shape index (κ3) is 3.18. The number of carbonyl (C=O) groups excluding carboxylic acids is 1. The Balaban J connectivity index is 1.62. The van der Waals surface area contributed by atoms with E-state index in [-0.39, 0.29) is 5.91 Å². The zero-order valence-corrected chi connectivity index (χ0v) is 17.8. The number of amides is 1. The van der Waals surface area contributed by atoms with E-state index < -0.39 is 0 Å². The summed E-state index contributed by atoms with van der Waals surface area (Å²) in [4.78, 5) is 19.7. The molecule has 0 spiro atoms. The second-order valence-electron chi connectivity index (χ2n) is 7.73. The summed E-state index contributed by atoms with van der Waals surface area (Å²) in [5.74, 6) is 0.830. The third-order valence-corrected chi connectivity index (χ3v) is 6.00. The van der Waals surface area contributed by atoms with Crippen LogP contribution in [0.15, 0.2) is 18.3 Å². The van der Waals surface area contributed by atoms with Crippen molar-refractivity contribution in [3.8, 4) is 11.8 Å². The van der Waals surface area contributed by atoms with E-state index in [0.29, 0.717) is 30.6 Å². The standard InChI is InChI=1S/C23H25N5O2/c1-14-7-9-20(30-4)22-18(14)6-5-11-27(22)21(29)10-8-19-15(2)26-23-17(12-24)13-25-28(23)16(19)3/h7,9,13H,5-6,8,10-11H2,1-4H3.